The normalized spacial score (nSPS) is 16.7. The predicted octanol–water partition coefficient (Wildman–Crippen LogP) is 6.09. The second kappa shape index (κ2) is 11.0. The average Bonchev–Trinajstić information content (AvgIpc) is 2.84. The van der Waals surface area contributed by atoms with Gasteiger partial charge in [-0.05, 0) is 85.6 Å². The highest BCUT2D eigenvalue weighted by Crippen LogP contribution is 2.30. The zero-order valence-electron chi connectivity index (χ0n) is 18.5. The lowest BCUT2D eigenvalue weighted by molar-refractivity contribution is 0.204. The Morgan fingerprint density at radius 1 is 0.871 bits per heavy atom. The molecule has 0 spiro atoms. The van der Waals surface area contributed by atoms with Gasteiger partial charge in [-0.2, -0.15) is 0 Å². The first-order valence-electron chi connectivity index (χ1n) is 11.4. The third-order valence-corrected chi connectivity index (χ3v) is 6.24. The Bertz CT molecular complexity index is 923. The van der Waals surface area contributed by atoms with E-state index in [1.165, 1.54) is 49.0 Å². The number of hydrogen-bond acceptors (Lipinski definition) is 3. The van der Waals surface area contributed by atoms with Crippen molar-refractivity contribution in [1.82, 2.24) is 4.90 Å². The third-order valence-electron chi connectivity index (χ3n) is 6.24. The van der Waals surface area contributed by atoms with E-state index in [0.717, 1.165) is 24.5 Å². The van der Waals surface area contributed by atoms with Crippen LogP contribution >= 0.6 is 0 Å². The quantitative estimate of drug-likeness (QED) is 0.422. The summed E-state index contributed by atoms with van der Waals surface area (Å²) in [5.74, 6) is 2.31. The average molecular weight is 416 g/mol. The molecular weight excluding hydrogens is 382 g/mol. The maximum absolute atomic E-state index is 6.09. The molecule has 0 aliphatic carbocycles. The minimum atomic E-state index is 0.584. The SMILES string of the molecule is COc1ccc(OCc2ccccc2C2CCCN(CCCc3ccccc3)C2)cc1. The molecule has 1 aliphatic rings. The number of nitrogens with zero attached hydrogens (tertiary/aromatic N) is 1. The molecule has 31 heavy (non-hydrogen) atoms. The molecule has 0 aromatic heterocycles. The van der Waals surface area contributed by atoms with E-state index in [4.69, 9.17) is 9.47 Å². The number of hydrogen-bond donors (Lipinski definition) is 0. The van der Waals surface area contributed by atoms with Crippen molar-refractivity contribution >= 4 is 0 Å². The van der Waals surface area contributed by atoms with Crippen molar-refractivity contribution in [2.75, 3.05) is 26.7 Å². The van der Waals surface area contributed by atoms with E-state index in [1.54, 1.807) is 7.11 Å². The summed E-state index contributed by atoms with van der Waals surface area (Å²) in [6.45, 7) is 4.15. The van der Waals surface area contributed by atoms with Gasteiger partial charge in [0, 0.05) is 6.54 Å². The van der Waals surface area contributed by atoms with E-state index >= 15 is 0 Å². The van der Waals surface area contributed by atoms with Gasteiger partial charge in [-0.3, -0.25) is 0 Å². The first-order valence-corrected chi connectivity index (χ1v) is 11.4. The highest BCUT2D eigenvalue weighted by Gasteiger charge is 2.23. The summed E-state index contributed by atoms with van der Waals surface area (Å²) in [5, 5.41) is 0. The van der Waals surface area contributed by atoms with Gasteiger partial charge >= 0.3 is 0 Å². The van der Waals surface area contributed by atoms with Crippen LogP contribution in [0.3, 0.4) is 0 Å². The van der Waals surface area contributed by atoms with Crippen LogP contribution in [0.1, 0.15) is 41.9 Å². The molecule has 162 valence electrons. The molecule has 1 aliphatic heterocycles. The van der Waals surface area contributed by atoms with Crippen molar-refractivity contribution < 1.29 is 9.47 Å². The highest BCUT2D eigenvalue weighted by atomic mass is 16.5. The molecule has 0 N–H and O–H groups in total. The number of aryl methyl sites for hydroxylation is 1. The summed E-state index contributed by atoms with van der Waals surface area (Å²) in [7, 11) is 1.68. The number of rotatable bonds is 9. The number of methoxy groups -OCH3 is 1. The summed E-state index contributed by atoms with van der Waals surface area (Å²) in [5.41, 5.74) is 4.19. The van der Waals surface area contributed by atoms with Crippen LogP contribution in [0.15, 0.2) is 78.9 Å². The predicted molar refractivity (Wildman–Crippen MR) is 127 cm³/mol. The van der Waals surface area contributed by atoms with Gasteiger partial charge in [0.15, 0.2) is 0 Å². The Labute approximate surface area is 186 Å². The molecule has 0 amide bonds. The highest BCUT2D eigenvalue weighted by molar-refractivity contribution is 5.33. The summed E-state index contributed by atoms with van der Waals surface area (Å²) >= 11 is 0. The molecule has 3 aromatic rings. The second-order valence-electron chi connectivity index (χ2n) is 8.39. The monoisotopic (exact) mass is 415 g/mol. The number of ether oxygens (including phenoxy) is 2. The maximum atomic E-state index is 6.09. The molecule has 0 bridgehead atoms. The largest absolute Gasteiger partial charge is 0.497 e. The number of piperidine rings is 1. The van der Waals surface area contributed by atoms with Crippen LogP contribution < -0.4 is 9.47 Å². The van der Waals surface area contributed by atoms with Gasteiger partial charge in [-0.1, -0.05) is 54.6 Å². The van der Waals surface area contributed by atoms with Crippen LogP contribution in [0.25, 0.3) is 0 Å². The molecule has 1 fully saturated rings. The fourth-order valence-electron chi connectivity index (χ4n) is 4.56. The van der Waals surface area contributed by atoms with E-state index in [9.17, 15) is 0 Å². The molecule has 4 rings (SSSR count). The van der Waals surface area contributed by atoms with Crippen molar-refractivity contribution in [3.8, 4) is 11.5 Å². The van der Waals surface area contributed by atoms with Gasteiger partial charge in [-0.15, -0.1) is 0 Å². The third kappa shape index (κ3) is 6.11. The minimum Gasteiger partial charge on any atom is -0.497 e. The first kappa shape index (κ1) is 21.5. The summed E-state index contributed by atoms with van der Waals surface area (Å²) in [4.78, 5) is 2.65. The van der Waals surface area contributed by atoms with Crippen molar-refractivity contribution in [1.29, 1.82) is 0 Å². The van der Waals surface area contributed by atoms with Crippen molar-refractivity contribution in [2.24, 2.45) is 0 Å². The van der Waals surface area contributed by atoms with E-state index in [2.05, 4.69) is 59.5 Å². The lowest BCUT2D eigenvalue weighted by Gasteiger charge is -2.34. The fourth-order valence-corrected chi connectivity index (χ4v) is 4.56. The van der Waals surface area contributed by atoms with Crippen LogP contribution in [-0.4, -0.2) is 31.6 Å². The van der Waals surface area contributed by atoms with Gasteiger partial charge in [0.2, 0.25) is 0 Å². The van der Waals surface area contributed by atoms with E-state index < -0.39 is 0 Å². The standard InChI is InChI=1S/C28H33NO2/c1-30-26-15-17-27(18-16-26)31-22-25-12-5-6-14-28(25)24-13-8-20-29(21-24)19-7-11-23-9-3-2-4-10-23/h2-6,9-10,12,14-18,24H,7-8,11,13,19-22H2,1H3. The minimum absolute atomic E-state index is 0.584. The number of benzene rings is 3. The molecule has 0 radical (unpaired) electrons. The van der Waals surface area contributed by atoms with Gasteiger partial charge in [0.25, 0.3) is 0 Å². The lowest BCUT2D eigenvalue weighted by Crippen LogP contribution is -2.35. The molecule has 3 aromatic carbocycles. The Balaban J connectivity index is 1.33. The lowest BCUT2D eigenvalue weighted by atomic mass is 9.87. The summed E-state index contributed by atoms with van der Waals surface area (Å²) < 4.78 is 11.3. The molecule has 1 atom stereocenters. The molecule has 1 saturated heterocycles. The van der Waals surface area contributed by atoms with Gasteiger partial charge < -0.3 is 14.4 Å². The molecule has 3 nitrogen and oxygen atoms in total. The molecular formula is C28H33NO2. The van der Waals surface area contributed by atoms with E-state index in [-0.39, 0.29) is 0 Å². The summed E-state index contributed by atoms with van der Waals surface area (Å²) in [6, 6.07) is 27.5. The Morgan fingerprint density at radius 2 is 1.61 bits per heavy atom. The van der Waals surface area contributed by atoms with E-state index in [1.807, 2.05) is 24.3 Å². The molecule has 1 unspecified atom stereocenters. The van der Waals surface area contributed by atoms with Crippen molar-refractivity contribution in [2.45, 2.75) is 38.2 Å². The van der Waals surface area contributed by atoms with Crippen molar-refractivity contribution in [3.05, 3.63) is 95.6 Å². The molecule has 0 saturated carbocycles. The van der Waals surface area contributed by atoms with Crippen LogP contribution in [-0.2, 0) is 13.0 Å². The summed E-state index contributed by atoms with van der Waals surface area (Å²) in [6.07, 6.45) is 4.91. The van der Waals surface area contributed by atoms with Crippen molar-refractivity contribution in [3.63, 3.8) is 0 Å². The van der Waals surface area contributed by atoms with Gasteiger partial charge in [0.05, 0.1) is 7.11 Å². The van der Waals surface area contributed by atoms with Crippen LogP contribution in [0, 0.1) is 0 Å². The Morgan fingerprint density at radius 3 is 2.42 bits per heavy atom. The molecule has 1 heterocycles. The smallest absolute Gasteiger partial charge is 0.120 e. The number of likely N-dealkylation sites (tertiary alicyclic amines) is 1. The zero-order valence-corrected chi connectivity index (χ0v) is 18.5. The Kier molecular flexibility index (Phi) is 7.62. The zero-order chi connectivity index (χ0) is 21.3. The van der Waals surface area contributed by atoms with Gasteiger partial charge in [-0.25, -0.2) is 0 Å². The topological polar surface area (TPSA) is 21.7 Å². The first-order chi connectivity index (χ1) is 15.3. The van der Waals surface area contributed by atoms with Crippen LogP contribution in [0.5, 0.6) is 11.5 Å². The van der Waals surface area contributed by atoms with Crippen LogP contribution in [0.4, 0.5) is 0 Å². The van der Waals surface area contributed by atoms with Gasteiger partial charge in [0.1, 0.15) is 18.1 Å². The maximum Gasteiger partial charge on any atom is 0.120 e. The second-order valence-corrected chi connectivity index (χ2v) is 8.39. The molecule has 3 heteroatoms. The Hall–Kier alpha value is -2.78. The van der Waals surface area contributed by atoms with Crippen LogP contribution in [0.2, 0.25) is 0 Å². The van der Waals surface area contributed by atoms with E-state index in [0.29, 0.717) is 12.5 Å². The fraction of sp³-hybridized carbons (Fsp3) is 0.357.